The maximum absolute atomic E-state index is 2.78. The summed E-state index contributed by atoms with van der Waals surface area (Å²) in [5, 5.41) is 0. The van der Waals surface area contributed by atoms with Crippen LogP contribution in [-0.4, -0.2) is 10.1 Å². The molecule has 2 heteroatoms. The lowest BCUT2D eigenvalue weighted by atomic mass is 9.83. The third-order valence-corrected chi connectivity index (χ3v) is 7.57. The normalized spacial score (nSPS) is 26.3. The highest BCUT2D eigenvalue weighted by Gasteiger charge is 2.38. The predicted molar refractivity (Wildman–Crippen MR) is 98.1 cm³/mol. The fourth-order valence-corrected chi connectivity index (χ4v) is 6.78. The second kappa shape index (κ2) is 6.42. The van der Waals surface area contributed by atoms with E-state index in [4.69, 9.17) is 0 Å². The molecule has 1 aromatic carbocycles. The molecule has 1 aliphatic carbocycles. The minimum absolute atomic E-state index is 0.0266. The van der Waals surface area contributed by atoms with Crippen LogP contribution in [-0.2, 0) is 0 Å². The van der Waals surface area contributed by atoms with Crippen molar-refractivity contribution in [1.82, 2.24) is 0 Å². The Kier molecular flexibility index (Phi) is 4.59. The summed E-state index contributed by atoms with van der Waals surface area (Å²) in [4.78, 5) is 0. The molecule has 20 heavy (non-hydrogen) atoms. The first-order chi connectivity index (χ1) is 9.85. The molecular weight excluding hydrogens is 357 g/mol. The number of hydrogen-bond donors (Lipinski definition) is 0. The van der Waals surface area contributed by atoms with Crippen molar-refractivity contribution in [3.05, 3.63) is 41.5 Å². The molecular formula is C18H24IN. The van der Waals surface area contributed by atoms with Gasteiger partial charge < -0.3 is 3.11 Å². The number of halogens is 1. The number of hydrogen-bond acceptors (Lipinski definition) is 1. The summed E-state index contributed by atoms with van der Waals surface area (Å²) in [5.74, 6) is 0.809. The van der Waals surface area contributed by atoms with Crippen molar-refractivity contribution in [3.63, 3.8) is 0 Å². The number of allylic oxidation sites excluding steroid dienone is 2. The Morgan fingerprint density at radius 2 is 2.10 bits per heavy atom. The predicted octanol–water partition coefficient (Wildman–Crippen LogP) is 5.58. The second-order valence-corrected chi connectivity index (χ2v) is 7.97. The third kappa shape index (κ3) is 2.59. The lowest BCUT2D eigenvalue weighted by Crippen LogP contribution is -2.29. The molecule has 2 aliphatic rings. The average Bonchev–Trinajstić information content (AvgIpc) is 2.83. The largest absolute Gasteiger partial charge is 0.316 e. The van der Waals surface area contributed by atoms with Gasteiger partial charge in [-0.1, -0.05) is 44.0 Å². The van der Waals surface area contributed by atoms with Gasteiger partial charge in [-0.2, -0.15) is 0 Å². The van der Waals surface area contributed by atoms with Gasteiger partial charge in [0.1, 0.15) is 0 Å². The smallest absolute Gasteiger partial charge is 0.0492 e. The monoisotopic (exact) mass is 381 g/mol. The van der Waals surface area contributed by atoms with E-state index in [1.165, 1.54) is 37.7 Å². The average molecular weight is 381 g/mol. The summed E-state index contributed by atoms with van der Waals surface area (Å²) < 4.78 is 5.31. The van der Waals surface area contributed by atoms with Crippen molar-refractivity contribution < 1.29 is 0 Å². The van der Waals surface area contributed by atoms with Crippen LogP contribution in [0.4, 0.5) is 5.69 Å². The van der Waals surface area contributed by atoms with Gasteiger partial charge in [0.05, 0.1) is 0 Å². The number of anilines is 1. The molecule has 0 bridgehead atoms. The third-order valence-electron chi connectivity index (χ3n) is 4.66. The van der Waals surface area contributed by atoms with Crippen LogP contribution in [0.1, 0.15) is 57.4 Å². The highest BCUT2D eigenvalue weighted by molar-refractivity contribution is 14.2. The Hall–Kier alpha value is -0.640. The molecule has 0 aromatic heterocycles. The Bertz CT molecular complexity index is 532. The molecule has 1 nitrogen and oxygen atoms in total. The highest BCUT2D eigenvalue weighted by atomic mass is 127. The van der Waals surface area contributed by atoms with Gasteiger partial charge in [0.2, 0.25) is 0 Å². The number of benzene rings is 1. The Morgan fingerprint density at radius 3 is 2.90 bits per heavy atom. The number of rotatable bonds is 3. The molecule has 2 atom stereocenters. The van der Waals surface area contributed by atoms with Crippen molar-refractivity contribution in [2.45, 2.75) is 57.9 Å². The Balaban J connectivity index is 1.93. The van der Waals surface area contributed by atoms with E-state index in [2.05, 4.69) is 51.3 Å². The van der Waals surface area contributed by atoms with E-state index in [1.54, 1.807) is 11.3 Å². The maximum Gasteiger partial charge on any atom is 0.0492 e. The SMILES string of the molecule is C/C=C(/C=IN1c2ccccc2C2CCCCC21)CC. The van der Waals surface area contributed by atoms with Gasteiger partial charge in [-0.3, -0.25) is 0 Å². The topological polar surface area (TPSA) is 3.24 Å². The summed E-state index contributed by atoms with van der Waals surface area (Å²) >= 11 is -0.0266. The Morgan fingerprint density at radius 1 is 1.30 bits per heavy atom. The molecule has 1 fully saturated rings. The molecule has 108 valence electrons. The Labute approximate surface area is 133 Å². The van der Waals surface area contributed by atoms with Gasteiger partial charge in [0, 0.05) is 17.6 Å². The van der Waals surface area contributed by atoms with Gasteiger partial charge >= 0.3 is 0 Å². The van der Waals surface area contributed by atoms with Crippen LogP contribution in [0.3, 0.4) is 0 Å². The number of fused-ring (bicyclic) bond motifs is 3. The van der Waals surface area contributed by atoms with Gasteiger partial charge in [0.25, 0.3) is 0 Å². The quantitative estimate of drug-likeness (QED) is 0.488. The van der Waals surface area contributed by atoms with E-state index in [0.29, 0.717) is 0 Å². The molecule has 1 saturated carbocycles. The molecule has 2 unspecified atom stereocenters. The number of para-hydroxylation sites is 1. The molecule has 0 radical (unpaired) electrons. The van der Waals surface area contributed by atoms with Crippen molar-refractivity contribution in [3.8, 4) is 0 Å². The van der Waals surface area contributed by atoms with Gasteiger partial charge in [0.15, 0.2) is 0 Å². The van der Waals surface area contributed by atoms with Crippen LogP contribution in [0.2, 0.25) is 0 Å². The molecule has 1 heterocycles. The molecule has 3 rings (SSSR count). The molecule has 1 aliphatic heterocycles. The molecule has 0 N–H and O–H groups in total. The zero-order valence-corrected chi connectivity index (χ0v) is 14.6. The van der Waals surface area contributed by atoms with E-state index in [-0.39, 0.29) is 21.0 Å². The standard InChI is InChI=1S/C18H24IN/c1-3-14(4-2)13-19-20-17-11-7-5-9-15(17)16-10-6-8-12-18(16)20/h3,5,7,9,11,13,16,18H,4,6,8,10,12H2,1-2H3/b14-3+. The maximum atomic E-state index is 2.78. The first-order valence-electron chi connectivity index (χ1n) is 7.85. The van der Waals surface area contributed by atoms with Crippen molar-refractivity contribution in [1.29, 1.82) is 0 Å². The van der Waals surface area contributed by atoms with E-state index < -0.39 is 0 Å². The first kappa shape index (κ1) is 14.3. The van der Waals surface area contributed by atoms with Gasteiger partial charge in [-0.15, -0.1) is 0 Å². The van der Waals surface area contributed by atoms with Crippen LogP contribution in [0, 0.1) is 0 Å². The zero-order chi connectivity index (χ0) is 13.9. The summed E-state index contributed by atoms with van der Waals surface area (Å²) in [6.45, 7) is 4.43. The van der Waals surface area contributed by atoms with Crippen molar-refractivity contribution in [2.24, 2.45) is 0 Å². The van der Waals surface area contributed by atoms with Crippen LogP contribution < -0.4 is 3.11 Å². The van der Waals surface area contributed by atoms with E-state index in [1.807, 2.05) is 0 Å². The van der Waals surface area contributed by atoms with E-state index >= 15 is 0 Å². The fourth-order valence-electron chi connectivity index (χ4n) is 3.50. The number of nitrogens with zero attached hydrogens (tertiary/aromatic N) is 1. The van der Waals surface area contributed by atoms with Gasteiger partial charge in [-0.25, -0.2) is 0 Å². The van der Waals surface area contributed by atoms with Crippen LogP contribution >= 0.6 is 21.0 Å². The highest BCUT2D eigenvalue weighted by Crippen LogP contribution is 2.50. The van der Waals surface area contributed by atoms with Crippen LogP contribution in [0.5, 0.6) is 0 Å². The molecule has 1 aromatic rings. The zero-order valence-electron chi connectivity index (χ0n) is 12.5. The minimum atomic E-state index is -0.0266. The van der Waals surface area contributed by atoms with Crippen LogP contribution in [0.15, 0.2) is 35.9 Å². The van der Waals surface area contributed by atoms with Crippen LogP contribution in [0.25, 0.3) is 0 Å². The van der Waals surface area contributed by atoms with Crippen molar-refractivity contribution >= 4 is 30.7 Å². The van der Waals surface area contributed by atoms with E-state index in [9.17, 15) is 0 Å². The molecule has 0 amide bonds. The lowest BCUT2D eigenvalue weighted by Gasteiger charge is -2.30. The summed E-state index contributed by atoms with van der Waals surface area (Å²) in [6, 6.07) is 9.95. The lowest BCUT2D eigenvalue weighted by molar-refractivity contribution is 0.413. The summed E-state index contributed by atoms with van der Waals surface area (Å²) in [6.07, 6.45) is 9.07. The van der Waals surface area contributed by atoms with Crippen molar-refractivity contribution in [2.75, 3.05) is 3.11 Å². The summed E-state index contributed by atoms with van der Waals surface area (Å²) in [7, 11) is 0. The first-order valence-corrected chi connectivity index (χ1v) is 10.1. The molecule has 0 spiro atoms. The minimum Gasteiger partial charge on any atom is -0.316 e. The van der Waals surface area contributed by atoms with E-state index in [0.717, 1.165) is 12.0 Å². The second-order valence-electron chi connectivity index (χ2n) is 5.75. The van der Waals surface area contributed by atoms with Gasteiger partial charge in [-0.05, 0) is 68.4 Å². The fraction of sp³-hybridized carbons (Fsp3) is 0.500. The molecule has 0 saturated heterocycles. The summed E-state index contributed by atoms with van der Waals surface area (Å²) in [5.41, 5.74) is 4.69.